The van der Waals surface area contributed by atoms with E-state index in [1.54, 1.807) is 0 Å². The number of rotatable bonds is 4. The summed E-state index contributed by atoms with van der Waals surface area (Å²) in [5.74, 6) is 0.914. The number of carbonyl (C=O) groups excluding carboxylic acids is 1. The molecule has 0 spiro atoms. The molecule has 2 fully saturated rings. The Morgan fingerprint density at radius 1 is 0.917 bits per heavy atom. The summed E-state index contributed by atoms with van der Waals surface area (Å²) in [5.41, 5.74) is 7.30. The van der Waals surface area contributed by atoms with Crippen LogP contribution in [0.4, 0.5) is 10.7 Å². The minimum Gasteiger partial charge on any atom is -0.448 e. The number of carbonyl (C=O) groups is 1. The molecule has 1 aromatic heterocycles. The quantitative estimate of drug-likeness (QED) is 0.485. The number of benzene rings is 2. The van der Waals surface area contributed by atoms with Crippen molar-refractivity contribution in [1.82, 2.24) is 14.9 Å². The zero-order valence-electron chi connectivity index (χ0n) is 20.3. The fourth-order valence-corrected chi connectivity index (χ4v) is 6.56. The first-order valence-electron chi connectivity index (χ1n) is 13.2. The van der Waals surface area contributed by atoms with Gasteiger partial charge in [-0.2, -0.15) is 0 Å². The Morgan fingerprint density at radius 3 is 2.25 bits per heavy atom. The molecule has 36 heavy (non-hydrogen) atoms. The van der Waals surface area contributed by atoms with E-state index in [1.807, 2.05) is 17.3 Å². The molecule has 0 saturated carbocycles. The second-order valence-corrected chi connectivity index (χ2v) is 10.4. The van der Waals surface area contributed by atoms with Crippen LogP contribution in [0.25, 0.3) is 16.7 Å². The first-order valence-corrected chi connectivity index (χ1v) is 13.2. The Bertz CT molecular complexity index is 1280. The molecular formula is C30H30N4O2. The standard InChI is InChI=1S/C30H30N4O2/c35-30(36-19-28-26-9-3-1-7-24(26)25-8-2-4-10-27(25)28)34-22-11-12-23(34)16-20(15-22)21-17-31-29(32-18-21)33-13-5-6-14-33/h1-4,7-10,15,17-18,22-23,28H,5-6,11-14,16,19H2. The van der Waals surface area contributed by atoms with E-state index < -0.39 is 0 Å². The highest BCUT2D eigenvalue weighted by Crippen LogP contribution is 2.45. The Kier molecular flexibility index (Phi) is 5.26. The number of aromatic nitrogens is 2. The Balaban J connectivity index is 1.06. The van der Waals surface area contributed by atoms with Crippen molar-refractivity contribution < 1.29 is 9.53 Å². The van der Waals surface area contributed by atoms with Crippen molar-refractivity contribution in [2.24, 2.45) is 0 Å². The lowest BCUT2D eigenvalue weighted by atomic mass is 9.97. The molecule has 4 heterocycles. The van der Waals surface area contributed by atoms with Gasteiger partial charge in [-0.1, -0.05) is 54.6 Å². The molecule has 3 aromatic rings. The van der Waals surface area contributed by atoms with E-state index in [2.05, 4.69) is 69.5 Å². The summed E-state index contributed by atoms with van der Waals surface area (Å²) in [7, 11) is 0. The molecule has 0 N–H and O–H groups in total. The van der Waals surface area contributed by atoms with E-state index in [0.29, 0.717) is 6.61 Å². The maximum absolute atomic E-state index is 13.3. The normalized spacial score (nSPS) is 22.4. The molecule has 0 radical (unpaired) electrons. The highest BCUT2D eigenvalue weighted by atomic mass is 16.6. The van der Waals surface area contributed by atoms with Crippen molar-refractivity contribution in [3.63, 3.8) is 0 Å². The summed E-state index contributed by atoms with van der Waals surface area (Å²) in [5, 5.41) is 0. The summed E-state index contributed by atoms with van der Waals surface area (Å²) < 4.78 is 6.00. The van der Waals surface area contributed by atoms with Crippen LogP contribution in [0.3, 0.4) is 0 Å². The first kappa shape index (κ1) is 21.6. The van der Waals surface area contributed by atoms with E-state index in [9.17, 15) is 4.79 Å². The zero-order valence-corrected chi connectivity index (χ0v) is 20.3. The zero-order chi connectivity index (χ0) is 24.1. The predicted octanol–water partition coefficient (Wildman–Crippen LogP) is 5.65. The minimum atomic E-state index is -0.194. The van der Waals surface area contributed by atoms with Crippen molar-refractivity contribution in [2.75, 3.05) is 24.6 Å². The summed E-state index contributed by atoms with van der Waals surface area (Å²) in [6, 6.07) is 17.2. The van der Waals surface area contributed by atoms with Gasteiger partial charge in [-0.05, 0) is 59.9 Å². The third kappa shape index (κ3) is 3.58. The first-order chi connectivity index (χ1) is 17.8. The number of hydrogen-bond donors (Lipinski definition) is 0. The lowest BCUT2D eigenvalue weighted by Gasteiger charge is -2.33. The molecule has 182 valence electrons. The van der Waals surface area contributed by atoms with Crippen molar-refractivity contribution in [3.8, 4) is 11.1 Å². The number of nitrogens with zero attached hydrogens (tertiary/aromatic N) is 4. The van der Waals surface area contributed by atoms with Gasteiger partial charge in [0.2, 0.25) is 5.95 Å². The monoisotopic (exact) mass is 478 g/mol. The maximum Gasteiger partial charge on any atom is 0.410 e. The van der Waals surface area contributed by atoms with Crippen molar-refractivity contribution in [2.45, 2.75) is 50.1 Å². The summed E-state index contributed by atoms with van der Waals surface area (Å²) in [6.45, 7) is 2.45. The smallest absolute Gasteiger partial charge is 0.410 e. The SMILES string of the molecule is O=C(OCC1c2ccccc2-c2ccccc21)N1C2C=C(c3cnc(N4CCCC4)nc3)CC1CC2. The van der Waals surface area contributed by atoms with Crippen molar-refractivity contribution in [1.29, 1.82) is 0 Å². The fourth-order valence-electron chi connectivity index (χ4n) is 6.56. The van der Waals surface area contributed by atoms with E-state index in [-0.39, 0.29) is 24.1 Å². The molecular weight excluding hydrogens is 448 g/mol. The topological polar surface area (TPSA) is 58.6 Å². The number of amides is 1. The van der Waals surface area contributed by atoms with Gasteiger partial charge in [-0.25, -0.2) is 14.8 Å². The predicted molar refractivity (Wildman–Crippen MR) is 140 cm³/mol. The van der Waals surface area contributed by atoms with Crippen LogP contribution in [-0.2, 0) is 4.74 Å². The molecule has 6 nitrogen and oxygen atoms in total. The van der Waals surface area contributed by atoms with Gasteiger partial charge in [0.1, 0.15) is 6.61 Å². The van der Waals surface area contributed by atoms with Crippen molar-refractivity contribution in [3.05, 3.63) is 83.7 Å². The van der Waals surface area contributed by atoms with E-state index in [0.717, 1.165) is 43.9 Å². The average Bonchev–Trinajstić information content (AvgIpc) is 3.63. The fraction of sp³-hybridized carbons (Fsp3) is 0.367. The molecule has 2 bridgehead atoms. The Hall–Kier alpha value is -3.67. The number of ether oxygens (including phenoxy) is 1. The van der Waals surface area contributed by atoms with Crippen LogP contribution in [0.1, 0.15) is 54.7 Å². The number of hydrogen-bond acceptors (Lipinski definition) is 5. The van der Waals surface area contributed by atoms with Crippen LogP contribution >= 0.6 is 0 Å². The van der Waals surface area contributed by atoms with Gasteiger partial charge in [-0.3, -0.25) is 4.90 Å². The maximum atomic E-state index is 13.3. The Labute approximate surface area is 211 Å². The van der Waals surface area contributed by atoms with Gasteiger partial charge in [0, 0.05) is 43.0 Å². The van der Waals surface area contributed by atoms with Crippen molar-refractivity contribution >= 4 is 17.6 Å². The minimum absolute atomic E-state index is 0.0765. The van der Waals surface area contributed by atoms with Crippen LogP contribution in [0.2, 0.25) is 0 Å². The molecule has 7 rings (SSSR count). The molecule has 4 aliphatic rings. The molecule has 1 aliphatic carbocycles. The van der Waals surface area contributed by atoms with E-state index >= 15 is 0 Å². The second-order valence-electron chi connectivity index (χ2n) is 10.4. The summed E-state index contributed by atoms with van der Waals surface area (Å²) in [4.78, 5) is 26.8. The average molecular weight is 479 g/mol. The second kappa shape index (κ2) is 8.77. The molecule has 3 aliphatic heterocycles. The number of anilines is 1. The highest BCUT2D eigenvalue weighted by Gasteiger charge is 2.41. The summed E-state index contributed by atoms with van der Waals surface area (Å²) >= 11 is 0. The molecule has 1 amide bonds. The summed E-state index contributed by atoms with van der Waals surface area (Å²) in [6.07, 6.45) is 11.2. The molecule has 2 atom stereocenters. The largest absolute Gasteiger partial charge is 0.448 e. The van der Waals surface area contributed by atoms with E-state index in [1.165, 1.54) is 40.7 Å². The van der Waals surface area contributed by atoms with Gasteiger partial charge in [0.15, 0.2) is 0 Å². The molecule has 2 saturated heterocycles. The Morgan fingerprint density at radius 2 is 1.58 bits per heavy atom. The van der Waals surface area contributed by atoms with Crippen LogP contribution in [0.5, 0.6) is 0 Å². The lowest BCUT2D eigenvalue weighted by Crippen LogP contribution is -2.43. The third-order valence-electron chi connectivity index (χ3n) is 8.34. The van der Waals surface area contributed by atoms with Crippen LogP contribution in [0.15, 0.2) is 67.0 Å². The van der Waals surface area contributed by atoms with Crippen LogP contribution < -0.4 is 4.90 Å². The van der Waals surface area contributed by atoms with Crippen LogP contribution in [-0.4, -0.2) is 52.7 Å². The van der Waals surface area contributed by atoms with Gasteiger partial charge in [-0.15, -0.1) is 0 Å². The van der Waals surface area contributed by atoms with Gasteiger partial charge < -0.3 is 9.64 Å². The molecule has 2 aromatic carbocycles. The number of fused-ring (bicyclic) bond motifs is 5. The highest BCUT2D eigenvalue weighted by molar-refractivity contribution is 5.79. The molecule has 6 heteroatoms. The lowest BCUT2D eigenvalue weighted by molar-refractivity contribution is 0.0866. The van der Waals surface area contributed by atoms with Gasteiger partial charge in [0.05, 0.1) is 6.04 Å². The molecule has 2 unspecified atom stereocenters. The van der Waals surface area contributed by atoms with Crippen LogP contribution in [0, 0.1) is 0 Å². The van der Waals surface area contributed by atoms with E-state index in [4.69, 9.17) is 4.74 Å². The van der Waals surface area contributed by atoms with Gasteiger partial charge in [0.25, 0.3) is 0 Å². The van der Waals surface area contributed by atoms with Gasteiger partial charge >= 0.3 is 6.09 Å². The third-order valence-corrected chi connectivity index (χ3v) is 8.34.